The number of hydrogen-bond acceptors (Lipinski definition) is 2. The summed E-state index contributed by atoms with van der Waals surface area (Å²) < 4.78 is 0. The maximum atomic E-state index is 3.60. The molecule has 3 unspecified atom stereocenters. The van der Waals surface area contributed by atoms with Gasteiger partial charge in [0, 0.05) is 26.2 Å². The largest absolute Gasteiger partial charge is 0.316 e. The van der Waals surface area contributed by atoms with Crippen molar-refractivity contribution >= 4 is 0 Å². The molecule has 0 radical (unpaired) electrons. The molecule has 0 spiro atoms. The predicted molar refractivity (Wildman–Crippen MR) is 72.1 cm³/mol. The first-order valence-corrected chi connectivity index (χ1v) is 7.74. The summed E-state index contributed by atoms with van der Waals surface area (Å²) in [6, 6.07) is 0. The van der Waals surface area contributed by atoms with Crippen molar-refractivity contribution in [1.29, 1.82) is 0 Å². The van der Waals surface area contributed by atoms with Gasteiger partial charge in [0.1, 0.15) is 0 Å². The molecule has 3 fully saturated rings. The van der Waals surface area contributed by atoms with E-state index in [1.165, 1.54) is 71.2 Å². The second-order valence-electron chi connectivity index (χ2n) is 6.82. The molecule has 2 heterocycles. The van der Waals surface area contributed by atoms with Gasteiger partial charge in [-0.1, -0.05) is 19.8 Å². The van der Waals surface area contributed by atoms with E-state index < -0.39 is 0 Å². The van der Waals surface area contributed by atoms with Gasteiger partial charge in [0.05, 0.1) is 0 Å². The number of nitrogens with zero attached hydrogens (tertiary/aromatic N) is 1. The Balaban J connectivity index is 1.58. The minimum atomic E-state index is 0.618. The number of likely N-dealkylation sites (tertiary alicyclic amines) is 1. The molecule has 1 N–H and O–H groups in total. The van der Waals surface area contributed by atoms with Gasteiger partial charge < -0.3 is 10.2 Å². The lowest BCUT2D eigenvalue weighted by atomic mass is 9.82. The molecule has 2 aliphatic heterocycles. The number of fused-ring (bicyclic) bond motifs is 1. The van der Waals surface area contributed by atoms with Crippen LogP contribution in [-0.4, -0.2) is 37.6 Å². The van der Waals surface area contributed by atoms with E-state index in [-0.39, 0.29) is 0 Å². The van der Waals surface area contributed by atoms with Gasteiger partial charge in [-0.3, -0.25) is 0 Å². The minimum Gasteiger partial charge on any atom is -0.316 e. The van der Waals surface area contributed by atoms with Crippen LogP contribution < -0.4 is 5.32 Å². The van der Waals surface area contributed by atoms with Crippen LogP contribution in [-0.2, 0) is 0 Å². The van der Waals surface area contributed by atoms with E-state index in [0.717, 1.165) is 11.8 Å². The molecule has 2 heteroatoms. The van der Waals surface area contributed by atoms with E-state index in [0.29, 0.717) is 5.41 Å². The second kappa shape index (κ2) is 4.89. The Morgan fingerprint density at radius 1 is 1.24 bits per heavy atom. The Kier molecular flexibility index (Phi) is 3.45. The summed E-state index contributed by atoms with van der Waals surface area (Å²) in [5.74, 6) is 2.12. The highest BCUT2D eigenvalue weighted by atomic mass is 15.2. The monoisotopic (exact) mass is 236 g/mol. The standard InChI is InChI=1S/C15H28N2/c1-2-6-15(7-8-16-11-15)12-17-9-13-4-3-5-14(13)10-17/h13-14,16H,2-12H2,1H3. The van der Waals surface area contributed by atoms with Crippen LogP contribution in [0.4, 0.5) is 0 Å². The first-order valence-electron chi connectivity index (χ1n) is 7.74. The van der Waals surface area contributed by atoms with Crippen LogP contribution in [0, 0.1) is 17.3 Å². The fourth-order valence-corrected chi connectivity index (χ4v) is 4.69. The van der Waals surface area contributed by atoms with Crippen LogP contribution in [0.3, 0.4) is 0 Å². The van der Waals surface area contributed by atoms with E-state index in [1.807, 2.05) is 0 Å². The van der Waals surface area contributed by atoms with E-state index in [4.69, 9.17) is 0 Å². The number of rotatable bonds is 4. The van der Waals surface area contributed by atoms with Gasteiger partial charge in [0.2, 0.25) is 0 Å². The van der Waals surface area contributed by atoms with Crippen molar-refractivity contribution in [2.24, 2.45) is 17.3 Å². The average Bonchev–Trinajstić information content (AvgIpc) is 2.94. The molecule has 0 aromatic carbocycles. The summed E-state index contributed by atoms with van der Waals surface area (Å²) in [6.07, 6.45) is 8.71. The number of hydrogen-bond donors (Lipinski definition) is 1. The zero-order valence-electron chi connectivity index (χ0n) is 11.4. The third kappa shape index (κ3) is 2.39. The Hall–Kier alpha value is -0.0800. The zero-order chi connectivity index (χ0) is 11.7. The van der Waals surface area contributed by atoms with Gasteiger partial charge in [-0.2, -0.15) is 0 Å². The van der Waals surface area contributed by atoms with Crippen molar-refractivity contribution < 1.29 is 0 Å². The van der Waals surface area contributed by atoms with E-state index >= 15 is 0 Å². The molecular weight excluding hydrogens is 208 g/mol. The van der Waals surface area contributed by atoms with Crippen LogP contribution in [0.15, 0.2) is 0 Å². The second-order valence-corrected chi connectivity index (χ2v) is 6.82. The van der Waals surface area contributed by atoms with Crippen molar-refractivity contribution in [3.8, 4) is 0 Å². The molecular formula is C15H28N2. The first-order chi connectivity index (χ1) is 8.31. The van der Waals surface area contributed by atoms with Gasteiger partial charge in [-0.15, -0.1) is 0 Å². The fraction of sp³-hybridized carbons (Fsp3) is 1.00. The molecule has 2 saturated heterocycles. The fourth-order valence-electron chi connectivity index (χ4n) is 4.69. The van der Waals surface area contributed by atoms with Crippen molar-refractivity contribution in [1.82, 2.24) is 10.2 Å². The molecule has 98 valence electrons. The predicted octanol–water partition coefficient (Wildman–Crippen LogP) is 2.50. The van der Waals surface area contributed by atoms with Crippen LogP contribution in [0.25, 0.3) is 0 Å². The van der Waals surface area contributed by atoms with E-state index in [9.17, 15) is 0 Å². The topological polar surface area (TPSA) is 15.3 Å². The summed E-state index contributed by atoms with van der Waals surface area (Å²) in [6.45, 7) is 9.07. The first kappa shape index (κ1) is 12.0. The Labute approximate surface area is 106 Å². The van der Waals surface area contributed by atoms with Crippen molar-refractivity contribution in [2.75, 3.05) is 32.7 Å². The lowest BCUT2D eigenvalue weighted by Crippen LogP contribution is -2.38. The van der Waals surface area contributed by atoms with Crippen molar-refractivity contribution in [2.45, 2.75) is 45.4 Å². The SMILES string of the molecule is CCCC1(CN2CC3CCCC3C2)CCNC1. The average molecular weight is 236 g/mol. The maximum Gasteiger partial charge on any atom is 0.00509 e. The highest BCUT2D eigenvalue weighted by Crippen LogP contribution is 2.40. The zero-order valence-corrected chi connectivity index (χ0v) is 11.4. The van der Waals surface area contributed by atoms with Gasteiger partial charge in [0.25, 0.3) is 0 Å². The lowest BCUT2D eigenvalue weighted by molar-refractivity contribution is 0.168. The van der Waals surface area contributed by atoms with Crippen molar-refractivity contribution in [3.05, 3.63) is 0 Å². The molecule has 17 heavy (non-hydrogen) atoms. The highest BCUT2D eigenvalue weighted by Gasteiger charge is 2.40. The normalized spacial score (nSPS) is 42.2. The van der Waals surface area contributed by atoms with Crippen LogP contribution in [0.2, 0.25) is 0 Å². The summed E-state index contributed by atoms with van der Waals surface area (Å²) >= 11 is 0. The van der Waals surface area contributed by atoms with Gasteiger partial charge in [-0.05, 0) is 49.5 Å². The highest BCUT2D eigenvalue weighted by molar-refractivity contribution is 4.95. The molecule has 0 aromatic heterocycles. The van der Waals surface area contributed by atoms with Crippen LogP contribution >= 0.6 is 0 Å². The smallest absolute Gasteiger partial charge is 0.00509 e. The molecule has 1 saturated carbocycles. The van der Waals surface area contributed by atoms with Gasteiger partial charge >= 0.3 is 0 Å². The number of nitrogens with one attached hydrogen (secondary N) is 1. The van der Waals surface area contributed by atoms with Crippen LogP contribution in [0.5, 0.6) is 0 Å². The quantitative estimate of drug-likeness (QED) is 0.807. The maximum absolute atomic E-state index is 3.60. The summed E-state index contributed by atoms with van der Waals surface area (Å²) in [5, 5.41) is 3.60. The Morgan fingerprint density at radius 3 is 2.59 bits per heavy atom. The van der Waals surface area contributed by atoms with E-state index in [1.54, 1.807) is 0 Å². The third-order valence-electron chi connectivity index (χ3n) is 5.47. The van der Waals surface area contributed by atoms with Gasteiger partial charge in [-0.25, -0.2) is 0 Å². The lowest BCUT2D eigenvalue weighted by Gasteiger charge is -2.33. The molecule has 0 bridgehead atoms. The Morgan fingerprint density at radius 2 is 2.00 bits per heavy atom. The van der Waals surface area contributed by atoms with E-state index in [2.05, 4.69) is 17.1 Å². The summed E-state index contributed by atoms with van der Waals surface area (Å²) in [7, 11) is 0. The van der Waals surface area contributed by atoms with Crippen molar-refractivity contribution in [3.63, 3.8) is 0 Å². The molecule has 3 aliphatic rings. The summed E-state index contributed by atoms with van der Waals surface area (Å²) in [4.78, 5) is 2.80. The Bertz CT molecular complexity index is 246. The molecule has 3 rings (SSSR count). The molecule has 2 nitrogen and oxygen atoms in total. The molecule has 0 aromatic rings. The third-order valence-corrected chi connectivity index (χ3v) is 5.47. The molecule has 1 aliphatic carbocycles. The minimum absolute atomic E-state index is 0.618. The van der Waals surface area contributed by atoms with Crippen LogP contribution in [0.1, 0.15) is 45.4 Å². The summed E-state index contributed by atoms with van der Waals surface area (Å²) in [5.41, 5.74) is 0.618. The van der Waals surface area contributed by atoms with Gasteiger partial charge in [0.15, 0.2) is 0 Å². The molecule has 3 atom stereocenters. The molecule has 0 amide bonds.